The second-order valence-corrected chi connectivity index (χ2v) is 5.46. The van der Waals surface area contributed by atoms with E-state index in [9.17, 15) is 4.79 Å². The van der Waals surface area contributed by atoms with Gasteiger partial charge in [-0.1, -0.05) is 11.6 Å². The Morgan fingerprint density at radius 2 is 2.42 bits per heavy atom. The molecule has 5 nitrogen and oxygen atoms in total. The smallest absolute Gasteiger partial charge is 0.327 e. The van der Waals surface area contributed by atoms with Crippen molar-refractivity contribution in [1.82, 2.24) is 14.5 Å². The molecular weight excluding hydrogens is 310 g/mol. The highest BCUT2D eigenvalue weighted by Crippen LogP contribution is 2.17. The van der Waals surface area contributed by atoms with Crippen molar-refractivity contribution in [3.8, 4) is 0 Å². The molecule has 0 saturated carbocycles. The summed E-state index contributed by atoms with van der Waals surface area (Å²) in [6, 6.07) is 1.92. The predicted octanol–water partition coefficient (Wildman–Crippen LogP) is 2.22. The summed E-state index contributed by atoms with van der Waals surface area (Å²) in [5, 5.41) is 0. The van der Waals surface area contributed by atoms with Gasteiger partial charge in [-0.05, 0) is 34.8 Å². The van der Waals surface area contributed by atoms with Crippen LogP contribution in [0.4, 0.5) is 0 Å². The summed E-state index contributed by atoms with van der Waals surface area (Å²) in [6.45, 7) is 2.13. The fraction of sp³-hybridized carbons (Fsp3) is 0.385. The Hall–Kier alpha value is -1.40. The summed E-state index contributed by atoms with van der Waals surface area (Å²) in [6.07, 6.45) is 5.63. The molecule has 0 spiro atoms. The van der Waals surface area contributed by atoms with Crippen LogP contribution in [0.3, 0.4) is 0 Å². The highest BCUT2D eigenvalue weighted by atomic mass is 79.9. The van der Waals surface area contributed by atoms with Crippen molar-refractivity contribution in [2.45, 2.75) is 19.4 Å². The minimum absolute atomic E-state index is 0.103. The van der Waals surface area contributed by atoms with Gasteiger partial charge in [0.15, 0.2) is 5.65 Å². The molecule has 2 aromatic heterocycles. The average Bonchev–Trinajstić information content (AvgIpc) is 2.73. The Kier molecular flexibility index (Phi) is 3.52. The summed E-state index contributed by atoms with van der Waals surface area (Å²) in [7, 11) is 0. The number of nitrogens with one attached hydrogen (secondary N) is 1. The van der Waals surface area contributed by atoms with Gasteiger partial charge in [0, 0.05) is 17.2 Å². The Labute approximate surface area is 118 Å². The van der Waals surface area contributed by atoms with Gasteiger partial charge in [-0.15, -0.1) is 0 Å². The van der Waals surface area contributed by atoms with Crippen molar-refractivity contribution in [2.75, 3.05) is 13.2 Å². The third-order valence-electron chi connectivity index (χ3n) is 3.31. The molecule has 0 atom stereocenters. The van der Waals surface area contributed by atoms with Gasteiger partial charge in [0.25, 0.3) is 0 Å². The topological polar surface area (TPSA) is 59.9 Å². The van der Waals surface area contributed by atoms with Gasteiger partial charge in [0.05, 0.1) is 18.7 Å². The second kappa shape index (κ2) is 5.30. The van der Waals surface area contributed by atoms with Crippen molar-refractivity contribution in [2.24, 2.45) is 0 Å². The zero-order valence-electron chi connectivity index (χ0n) is 10.4. The molecule has 1 aliphatic rings. The second-order valence-electron chi connectivity index (χ2n) is 4.54. The standard InChI is InChI=1S/C13H14BrN3O2/c14-10-7-11-12(15-8-10)16-13(18)17(11)4-1-9-2-5-19-6-3-9/h2,7-8H,1,3-6H2,(H,15,16,18). The first-order valence-corrected chi connectivity index (χ1v) is 7.03. The lowest BCUT2D eigenvalue weighted by Gasteiger charge is -2.13. The van der Waals surface area contributed by atoms with Gasteiger partial charge in [-0.3, -0.25) is 9.55 Å². The van der Waals surface area contributed by atoms with E-state index in [1.807, 2.05) is 6.07 Å². The van der Waals surface area contributed by atoms with Crippen molar-refractivity contribution in [3.05, 3.63) is 38.9 Å². The molecule has 1 aliphatic heterocycles. The van der Waals surface area contributed by atoms with Crippen LogP contribution in [-0.2, 0) is 11.3 Å². The number of imidazole rings is 1. The highest BCUT2D eigenvalue weighted by Gasteiger charge is 2.10. The minimum atomic E-state index is -0.103. The van der Waals surface area contributed by atoms with Gasteiger partial charge in [-0.2, -0.15) is 0 Å². The highest BCUT2D eigenvalue weighted by molar-refractivity contribution is 9.10. The van der Waals surface area contributed by atoms with Crippen LogP contribution >= 0.6 is 15.9 Å². The molecule has 19 heavy (non-hydrogen) atoms. The predicted molar refractivity (Wildman–Crippen MR) is 76.2 cm³/mol. The van der Waals surface area contributed by atoms with E-state index in [4.69, 9.17) is 4.74 Å². The van der Waals surface area contributed by atoms with Crippen LogP contribution in [-0.4, -0.2) is 27.7 Å². The number of rotatable bonds is 3. The normalized spacial score (nSPS) is 15.7. The molecule has 0 saturated heterocycles. The number of halogens is 1. The van der Waals surface area contributed by atoms with Crippen LogP contribution in [0.5, 0.6) is 0 Å². The van der Waals surface area contributed by atoms with Crippen LogP contribution in [0.1, 0.15) is 12.8 Å². The first-order chi connectivity index (χ1) is 9.24. The van der Waals surface area contributed by atoms with Crippen LogP contribution in [0.25, 0.3) is 11.2 Å². The number of aryl methyl sites for hydroxylation is 1. The Bertz CT molecular complexity index is 687. The molecule has 0 radical (unpaired) electrons. The number of aromatic amines is 1. The molecule has 3 heterocycles. The molecule has 2 aromatic rings. The van der Waals surface area contributed by atoms with Crippen LogP contribution < -0.4 is 5.69 Å². The Morgan fingerprint density at radius 1 is 1.53 bits per heavy atom. The number of ether oxygens (including phenoxy) is 1. The van der Waals surface area contributed by atoms with E-state index >= 15 is 0 Å². The van der Waals surface area contributed by atoms with E-state index in [1.54, 1.807) is 10.8 Å². The van der Waals surface area contributed by atoms with E-state index in [2.05, 4.69) is 32.0 Å². The van der Waals surface area contributed by atoms with Crippen molar-refractivity contribution in [3.63, 3.8) is 0 Å². The average molecular weight is 324 g/mol. The number of aromatic nitrogens is 3. The van der Waals surface area contributed by atoms with Crippen molar-refractivity contribution >= 4 is 27.1 Å². The van der Waals surface area contributed by atoms with Crippen LogP contribution in [0, 0.1) is 0 Å². The van der Waals surface area contributed by atoms with Gasteiger partial charge < -0.3 is 4.74 Å². The quantitative estimate of drug-likeness (QED) is 0.881. The maximum absolute atomic E-state index is 11.9. The largest absolute Gasteiger partial charge is 0.377 e. The van der Waals surface area contributed by atoms with E-state index < -0.39 is 0 Å². The summed E-state index contributed by atoms with van der Waals surface area (Å²) in [4.78, 5) is 18.9. The number of pyridine rings is 1. The number of fused-ring (bicyclic) bond motifs is 1. The molecule has 1 N–H and O–H groups in total. The lowest BCUT2D eigenvalue weighted by Crippen LogP contribution is -2.17. The number of nitrogens with zero attached hydrogens (tertiary/aromatic N) is 2. The van der Waals surface area contributed by atoms with Gasteiger partial charge in [0.2, 0.25) is 0 Å². The minimum Gasteiger partial charge on any atom is -0.377 e. The summed E-state index contributed by atoms with van der Waals surface area (Å²) in [5.74, 6) is 0. The maximum atomic E-state index is 11.9. The van der Waals surface area contributed by atoms with Gasteiger partial charge >= 0.3 is 5.69 Å². The molecule has 100 valence electrons. The summed E-state index contributed by atoms with van der Waals surface area (Å²) >= 11 is 3.38. The summed E-state index contributed by atoms with van der Waals surface area (Å²) < 4.78 is 7.89. The van der Waals surface area contributed by atoms with E-state index in [-0.39, 0.29) is 5.69 Å². The van der Waals surface area contributed by atoms with E-state index in [0.29, 0.717) is 18.8 Å². The molecule has 0 fully saturated rings. The lowest BCUT2D eigenvalue weighted by molar-refractivity contribution is 0.153. The van der Waals surface area contributed by atoms with E-state index in [1.165, 1.54) is 5.57 Å². The molecular formula is C13H14BrN3O2. The third kappa shape index (κ3) is 2.64. The zero-order valence-corrected chi connectivity index (χ0v) is 11.9. The number of H-pyrrole nitrogens is 1. The number of hydrogen-bond donors (Lipinski definition) is 1. The SMILES string of the molecule is O=c1[nH]c2ncc(Br)cc2n1CCC1=CCOCC1. The van der Waals surface area contributed by atoms with Gasteiger partial charge in [-0.25, -0.2) is 9.78 Å². The zero-order chi connectivity index (χ0) is 13.2. The third-order valence-corrected chi connectivity index (χ3v) is 3.74. The first-order valence-electron chi connectivity index (χ1n) is 6.24. The summed E-state index contributed by atoms with van der Waals surface area (Å²) in [5.41, 5.74) is 2.73. The van der Waals surface area contributed by atoms with Crippen LogP contribution in [0.15, 0.2) is 33.2 Å². The molecule has 6 heteroatoms. The van der Waals surface area contributed by atoms with Crippen molar-refractivity contribution < 1.29 is 4.74 Å². The fourth-order valence-electron chi connectivity index (χ4n) is 2.28. The molecule has 0 aromatic carbocycles. The fourth-order valence-corrected chi connectivity index (χ4v) is 2.60. The first kappa shape index (κ1) is 12.6. The molecule has 0 aliphatic carbocycles. The van der Waals surface area contributed by atoms with Crippen molar-refractivity contribution in [1.29, 1.82) is 0 Å². The maximum Gasteiger partial charge on any atom is 0.327 e. The molecule has 3 rings (SSSR count). The van der Waals surface area contributed by atoms with Gasteiger partial charge in [0.1, 0.15) is 0 Å². The monoisotopic (exact) mass is 323 g/mol. The molecule has 0 bridgehead atoms. The molecule has 0 unspecified atom stereocenters. The lowest BCUT2D eigenvalue weighted by atomic mass is 10.1. The van der Waals surface area contributed by atoms with E-state index in [0.717, 1.165) is 29.4 Å². The molecule has 0 amide bonds. The van der Waals surface area contributed by atoms with Crippen LogP contribution in [0.2, 0.25) is 0 Å². The Balaban J connectivity index is 1.87. The Morgan fingerprint density at radius 3 is 3.21 bits per heavy atom. The number of hydrogen-bond acceptors (Lipinski definition) is 3.